The van der Waals surface area contributed by atoms with E-state index in [2.05, 4.69) is 31.2 Å². The Balaban J connectivity index is 1.22. The second-order valence-electron chi connectivity index (χ2n) is 9.23. The molecule has 11 nitrogen and oxygen atoms in total. The van der Waals surface area contributed by atoms with Crippen molar-refractivity contribution < 1.29 is 14.3 Å². The Bertz CT molecular complexity index is 1310. The van der Waals surface area contributed by atoms with Gasteiger partial charge in [0.1, 0.15) is 18.2 Å². The van der Waals surface area contributed by atoms with Crippen LogP contribution in [0.3, 0.4) is 0 Å². The van der Waals surface area contributed by atoms with Gasteiger partial charge in [0.2, 0.25) is 5.85 Å². The van der Waals surface area contributed by atoms with E-state index in [0.29, 0.717) is 48.3 Å². The molecular weight excluding hydrogens is 516 g/mol. The highest BCUT2D eigenvalue weighted by Gasteiger charge is 2.52. The number of ether oxygens (including phenoxy) is 1. The molecule has 39 heavy (non-hydrogen) atoms. The standard InChI is InChI=1S/C27H32N8O3S/c1-2-29-24-21(25(36)34-27(17-38-27)35-11-13-39-14-12-35)8-9-22(33-24)19-4-6-20(7-5-19)32-26(37)31-16-18-3-10-23(28)30-15-18/h3-10,15H,2,11-14,16-17H2,1H3,(H2,28,30)(H,29,33)(H,34,36)(H2,31,32,37). The zero-order valence-electron chi connectivity index (χ0n) is 21.7. The maximum atomic E-state index is 13.2. The second kappa shape index (κ2) is 11.9. The molecule has 2 saturated heterocycles. The van der Waals surface area contributed by atoms with Crippen LogP contribution in [0.1, 0.15) is 22.8 Å². The van der Waals surface area contributed by atoms with Crippen LogP contribution in [0.25, 0.3) is 11.3 Å². The van der Waals surface area contributed by atoms with Gasteiger partial charge in [-0.2, -0.15) is 11.8 Å². The van der Waals surface area contributed by atoms with E-state index in [4.69, 9.17) is 15.5 Å². The highest BCUT2D eigenvalue weighted by Crippen LogP contribution is 2.32. The van der Waals surface area contributed by atoms with Crippen molar-refractivity contribution in [1.29, 1.82) is 0 Å². The third-order valence-electron chi connectivity index (χ3n) is 6.47. The van der Waals surface area contributed by atoms with Crippen LogP contribution < -0.4 is 27.0 Å². The number of anilines is 3. The topological polar surface area (TPSA) is 150 Å². The first-order valence-corrected chi connectivity index (χ1v) is 14.0. The molecule has 3 aromatic rings. The van der Waals surface area contributed by atoms with E-state index in [1.54, 1.807) is 30.5 Å². The zero-order chi connectivity index (χ0) is 27.2. The number of pyridine rings is 2. The Morgan fingerprint density at radius 3 is 2.54 bits per heavy atom. The molecule has 2 aromatic heterocycles. The lowest BCUT2D eigenvalue weighted by atomic mass is 10.1. The van der Waals surface area contributed by atoms with Gasteiger partial charge in [0, 0.05) is 55.1 Å². The highest BCUT2D eigenvalue weighted by molar-refractivity contribution is 7.99. The summed E-state index contributed by atoms with van der Waals surface area (Å²) in [5.41, 5.74) is 9.10. The molecule has 0 spiro atoms. The van der Waals surface area contributed by atoms with Gasteiger partial charge in [-0.1, -0.05) is 18.2 Å². The molecule has 12 heteroatoms. The number of thioether (sulfide) groups is 1. The number of nitrogens with zero attached hydrogens (tertiary/aromatic N) is 3. The van der Waals surface area contributed by atoms with Gasteiger partial charge in [0.25, 0.3) is 5.91 Å². The van der Waals surface area contributed by atoms with Crippen LogP contribution in [0.5, 0.6) is 0 Å². The number of benzene rings is 1. The minimum atomic E-state index is -0.707. The number of nitrogens with one attached hydrogen (secondary N) is 4. The van der Waals surface area contributed by atoms with Crippen molar-refractivity contribution in [3.05, 3.63) is 65.9 Å². The van der Waals surface area contributed by atoms with E-state index < -0.39 is 5.85 Å². The van der Waals surface area contributed by atoms with E-state index in [1.807, 2.05) is 43.0 Å². The number of carbonyl (C=O) groups excluding carboxylic acids is 2. The van der Waals surface area contributed by atoms with Crippen LogP contribution in [0.2, 0.25) is 0 Å². The fourth-order valence-electron chi connectivity index (χ4n) is 4.30. The van der Waals surface area contributed by atoms with Crippen LogP contribution in [-0.2, 0) is 11.3 Å². The van der Waals surface area contributed by atoms with Crippen LogP contribution in [0.15, 0.2) is 54.7 Å². The summed E-state index contributed by atoms with van der Waals surface area (Å²) < 4.78 is 5.70. The normalized spacial score (nSPS) is 18.7. The monoisotopic (exact) mass is 548 g/mol. The number of hydrogen-bond donors (Lipinski definition) is 5. The Morgan fingerprint density at radius 2 is 1.87 bits per heavy atom. The minimum Gasteiger partial charge on any atom is -0.384 e. The van der Waals surface area contributed by atoms with Gasteiger partial charge in [0.05, 0.1) is 11.3 Å². The van der Waals surface area contributed by atoms with Gasteiger partial charge in [-0.15, -0.1) is 0 Å². The van der Waals surface area contributed by atoms with Crippen molar-refractivity contribution >= 4 is 41.0 Å². The van der Waals surface area contributed by atoms with Gasteiger partial charge in [-0.25, -0.2) is 14.8 Å². The Kier molecular flexibility index (Phi) is 8.15. The van der Waals surface area contributed by atoms with E-state index in [9.17, 15) is 9.59 Å². The lowest BCUT2D eigenvalue weighted by Gasteiger charge is -2.32. The minimum absolute atomic E-state index is 0.221. The number of aromatic nitrogens is 2. The third kappa shape index (κ3) is 6.59. The predicted molar refractivity (Wildman–Crippen MR) is 153 cm³/mol. The lowest BCUT2D eigenvalue weighted by Crippen LogP contribution is -2.54. The van der Waals surface area contributed by atoms with Gasteiger partial charge >= 0.3 is 6.03 Å². The second-order valence-corrected chi connectivity index (χ2v) is 10.5. The Hall–Kier alpha value is -3.87. The number of rotatable bonds is 9. The first-order valence-electron chi connectivity index (χ1n) is 12.9. The first-order chi connectivity index (χ1) is 19.0. The summed E-state index contributed by atoms with van der Waals surface area (Å²) in [6, 6.07) is 14.1. The summed E-state index contributed by atoms with van der Waals surface area (Å²) in [6.07, 6.45) is 1.62. The number of epoxide rings is 1. The van der Waals surface area contributed by atoms with Gasteiger partial charge in [-0.3, -0.25) is 9.69 Å². The Morgan fingerprint density at radius 1 is 1.10 bits per heavy atom. The summed E-state index contributed by atoms with van der Waals surface area (Å²) in [6.45, 7) is 5.17. The molecule has 0 bridgehead atoms. The van der Waals surface area contributed by atoms with E-state index in [0.717, 1.165) is 35.7 Å². The number of nitrogens with two attached hydrogens (primary N) is 1. The quantitative estimate of drug-likeness (QED) is 0.254. The molecule has 0 radical (unpaired) electrons. The number of hydrogen-bond acceptors (Lipinski definition) is 9. The van der Waals surface area contributed by atoms with E-state index >= 15 is 0 Å². The zero-order valence-corrected chi connectivity index (χ0v) is 22.5. The smallest absolute Gasteiger partial charge is 0.319 e. The Labute approximate surface area is 231 Å². The van der Waals surface area contributed by atoms with Gasteiger partial charge in [-0.05, 0) is 42.8 Å². The van der Waals surface area contributed by atoms with Crippen molar-refractivity contribution in [2.24, 2.45) is 0 Å². The van der Waals surface area contributed by atoms with Crippen molar-refractivity contribution in [3.63, 3.8) is 0 Å². The summed E-state index contributed by atoms with van der Waals surface area (Å²) in [5, 5.41) is 11.9. The lowest BCUT2D eigenvalue weighted by molar-refractivity contribution is 0.0472. The molecule has 204 valence electrons. The van der Waals surface area contributed by atoms with Gasteiger partial charge in [0.15, 0.2) is 0 Å². The van der Waals surface area contributed by atoms with Crippen LogP contribution >= 0.6 is 11.8 Å². The predicted octanol–water partition coefficient (Wildman–Crippen LogP) is 2.94. The molecule has 3 amide bonds. The molecule has 2 aliphatic heterocycles. The molecular formula is C27H32N8O3S. The molecule has 1 unspecified atom stereocenters. The third-order valence-corrected chi connectivity index (χ3v) is 7.41. The van der Waals surface area contributed by atoms with Crippen LogP contribution in [-0.4, -0.2) is 70.4 Å². The van der Waals surface area contributed by atoms with Crippen molar-refractivity contribution in [1.82, 2.24) is 25.5 Å². The maximum absolute atomic E-state index is 13.2. The average Bonchev–Trinajstić information content (AvgIpc) is 3.74. The fraction of sp³-hybridized carbons (Fsp3) is 0.333. The first kappa shape index (κ1) is 26.7. The van der Waals surface area contributed by atoms with Crippen LogP contribution in [0.4, 0.5) is 22.1 Å². The van der Waals surface area contributed by atoms with Crippen LogP contribution in [0, 0.1) is 0 Å². The van der Waals surface area contributed by atoms with Gasteiger partial charge < -0.3 is 31.7 Å². The van der Waals surface area contributed by atoms with E-state index in [1.165, 1.54) is 0 Å². The number of urea groups is 1. The summed E-state index contributed by atoms with van der Waals surface area (Å²) in [7, 11) is 0. The summed E-state index contributed by atoms with van der Waals surface area (Å²) >= 11 is 1.91. The number of amides is 3. The molecule has 2 aliphatic rings. The molecule has 5 rings (SSSR count). The summed E-state index contributed by atoms with van der Waals surface area (Å²) in [5.74, 6) is 2.07. The van der Waals surface area contributed by atoms with E-state index in [-0.39, 0.29) is 11.9 Å². The molecule has 1 atom stereocenters. The number of carbonyl (C=O) groups is 2. The largest absolute Gasteiger partial charge is 0.384 e. The average molecular weight is 549 g/mol. The summed E-state index contributed by atoms with van der Waals surface area (Å²) in [4.78, 5) is 36.5. The molecule has 0 aliphatic carbocycles. The molecule has 6 N–H and O–H groups in total. The SMILES string of the molecule is CCNc1nc(-c2ccc(NC(=O)NCc3ccc(N)nc3)cc2)ccc1C(=O)NC1(N2CCSCC2)CO1. The molecule has 0 saturated carbocycles. The maximum Gasteiger partial charge on any atom is 0.319 e. The molecule has 2 fully saturated rings. The van der Waals surface area contributed by atoms with Crippen molar-refractivity contribution in [3.8, 4) is 11.3 Å². The van der Waals surface area contributed by atoms with Crippen molar-refractivity contribution in [2.45, 2.75) is 19.3 Å². The van der Waals surface area contributed by atoms with Crippen molar-refractivity contribution in [2.75, 3.05) is 54.1 Å². The fourth-order valence-corrected chi connectivity index (χ4v) is 5.20. The molecule has 4 heterocycles. The molecule has 1 aromatic carbocycles. The highest BCUT2D eigenvalue weighted by atomic mass is 32.2. The number of nitrogen functional groups attached to an aromatic ring is 1.